The van der Waals surface area contributed by atoms with Gasteiger partial charge >= 0.3 is 5.69 Å². The molecule has 1 aromatic carbocycles. The molecule has 0 radical (unpaired) electrons. The van der Waals surface area contributed by atoms with Gasteiger partial charge in [0.15, 0.2) is 15.5 Å². The molecule has 0 saturated carbocycles. The van der Waals surface area contributed by atoms with Crippen molar-refractivity contribution in [1.29, 1.82) is 0 Å². The Morgan fingerprint density at radius 1 is 1.18 bits per heavy atom. The summed E-state index contributed by atoms with van der Waals surface area (Å²) in [5.74, 6) is 1.57. The van der Waals surface area contributed by atoms with E-state index < -0.39 is 11.2 Å². The van der Waals surface area contributed by atoms with Crippen molar-refractivity contribution in [2.24, 2.45) is 7.05 Å². The summed E-state index contributed by atoms with van der Waals surface area (Å²) < 4.78 is 11.5. The summed E-state index contributed by atoms with van der Waals surface area (Å²) in [7, 11) is 1.63. The second-order valence-corrected chi connectivity index (χ2v) is 10.7. The molecular formula is C22H26N6O3S2. The van der Waals surface area contributed by atoms with Crippen LogP contribution in [0.2, 0.25) is 0 Å². The number of H-pyrrole nitrogens is 1. The van der Waals surface area contributed by atoms with Gasteiger partial charge in [0.1, 0.15) is 0 Å². The number of thiazole rings is 1. The van der Waals surface area contributed by atoms with Crippen LogP contribution in [0.15, 0.2) is 38.2 Å². The van der Waals surface area contributed by atoms with Gasteiger partial charge < -0.3 is 14.2 Å². The first-order chi connectivity index (χ1) is 15.9. The lowest BCUT2D eigenvalue weighted by atomic mass is 10.2. The Hall–Kier alpha value is -2.63. The van der Waals surface area contributed by atoms with Crippen molar-refractivity contribution >= 4 is 50.4 Å². The zero-order valence-electron chi connectivity index (χ0n) is 18.8. The molecule has 0 unspecified atom stereocenters. The molecule has 4 heterocycles. The van der Waals surface area contributed by atoms with E-state index in [0.29, 0.717) is 36.7 Å². The maximum Gasteiger partial charge on any atom is 0.329 e. The summed E-state index contributed by atoms with van der Waals surface area (Å²) in [5, 5.41) is 0. The number of aryl methyl sites for hydroxylation is 2. The minimum absolute atomic E-state index is 0.0544. The van der Waals surface area contributed by atoms with E-state index in [1.807, 2.05) is 36.6 Å². The van der Waals surface area contributed by atoms with Crippen LogP contribution in [0.25, 0.3) is 21.4 Å². The molecule has 0 bridgehead atoms. The number of aromatic amines is 1. The molecule has 0 aliphatic carbocycles. The molecule has 5 rings (SSSR count). The Morgan fingerprint density at radius 3 is 2.70 bits per heavy atom. The van der Waals surface area contributed by atoms with Crippen LogP contribution in [0.1, 0.15) is 20.3 Å². The number of ether oxygens (including phenoxy) is 1. The fourth-order valence-electron chi connectivity index (χ4n) is 4.31. The molecule has 2 atom stereocenters. The normalized spacial score (nSPS) is 19.1. The quantitative estimate of drug-likeness (QED) is 0.331. The SMILES string of the molecule is C[C@@H]1CN(c2nc3c(c(=O)[nH]c(=O)n3C)n2CCCSc2nc3ccccc3s2)C[C@H](C)O1. The predicted octanol–water partition coefficient (Wildman–Crippen LogP) is 2.83. The van der Waals surface area contributed by atoms with Crippen molar-refractivity contribution in [3.8, 4) is 0 Å². The van der Waals surface area contributed by atoms with Crippen LogP contribution in [0.3, 0.4) is 0 Å². The number of rotatable bonds is 6. The standard InChI is InChI=1S/C22H26N6O3S2/c1-13-11-27(12-14(2)31-13)20-24-18-17(19(29)25-21(30)26(18)3)28(20)9-6-10-32-22-23-15-7-4-5-8-16(15)33-22/h4-5,7-8,13-14H,6,9-12H2,1-3H3,(H,25,29,30)/t13-,14+. The third-order valence-electron chi connectivity index (χ3n) is 5.72. The van der Waals surface area contributed by atoms with E-state index in [1.54, 1.807) is 30.1 Å². The largest absolute Gasteiger partial charge is 0.372 e. The van der Waals surface area contributed by atoms with Crippen LogP contribution in [0.4, 0.5) is 5.95 Å². The maximum absolute atomic E-state index is 12.8. The third-order valence-corrected chi connectivity index (χ3v) is 7.98. The number of para-hydroxylation sites is 1. The van der Waals surface area contributed by atoms with Gasteiger partial charge in [-0.05, 0) is 32.4 Å². The number of fused-ring (bicyclic) bond motifs is 2. The van der Waals surface area contributed by atoms with E-state index in [9.17, 15) is 9.59 Å². The highest BCUT2D eigenvalue weighted by molar-refractivity contribution is 8.01. The molecule has 0 amide bonds. The number of hydrogen-bond donors (Lipinski definition) is 1. The van der Waals surface area contributed by atoms with Crippen molar-refractivity contribution in [2.75, 3.05) is 23.7 Å². The van der Waals surface area contributed by atoms with Crippen molar-refractivity contribution < 1.29 is 4.74 Å². The maximum atomic E-state index is 12.8. The molecule has 174 valence electrons. The smallest absolute Gasteiger partial charge is 0.329 e. The van der Waals surface area contributed by atoms with Gasteiger partial charge in [-0.3, -0.25) is 14.3 Å². The fourth-order valence-corrected chi connectivity index (χ4v) is 6.38. The number of nitrogens with one attached hydrogen (secondary N) is 1. The molecule has 1 aliphatic heterocycles. The fraction of sp³-hybridized carbons (Fsp3) is 0.455. The van der Waals surface area contributed by atoms with Gasteiger partial charge in [-0.1, -0.05) is 23.9 Å². The number of benzene rings is 1. The van der Waals surface area contributed by atoms with Crippen molar-refractivity contribution in [2.45, 2.75) is 43.4 Å². The van der Waals surface area contributed by atoms with Gasteiger partial charge in [0.25, 0.3) is 5.56 Å². The van der Waals surface area contributed by atoms with E-state index in [1.165, 1.54) is 9.27 Å². The number of thioether (sulfide) groups is 1. The number of aromatic nitrogens is 5. The number of hydrogen-bond acceptors (Lipinski definition) is 8. The van der Waals surface area contributed by atoms with Crippen molar-refractivity contribution in [3.63, 3.8) is 0 Å². The molecular weight excluding hydrogens is 460 g/mol. The second-order valence-electron chi connectivity index (χ2n) is 8.37. The van der Waals surface area contributed by atoms with Crippen molar-refractivity contribution in [3.05, 3.63) is 45.1 Å². The summed E-state index contributed by atoms with van der Waals surface area (Å²) in [6.45, 7) is 6.05. The molecule has 0 spiro atoms. The molecule has 1 fully saturated rings. The molecule has 33 heavy (non-hydrogen) atoms. The number of anilines is 1. The van der Waals surface area contributed by atoms with Gasteiger partial charge in [0.05, 0.1) is 22.4 Å². The summed E-state index contributed by atoms with van der Waals surface area (Å²) in [6, 6.07) is 8.14. The number of nitrogens with zero attached hydrogens (tertiary/aromatic N) is 5. The Morgan fingerprint density at radius 2 is 1.94 bits per heavy atom. The molecule has 9 nitrogen and oxygen atoms in total. The number of imidazole rings is 1. The minimum Gasteiger partial charge on any atom is -0.372 e. The van der Waals surface area contributed by atoms with Gasteiger partial charge in [-0.25, -0.2) is 9.78 Å². The Bertz CT molecular complexity index is 1380. The van der Waals surface area contributed by atoms with Gasteiger partial charge in [-0.15, -0.1) is 11.3 Å². The summed E-state index contributed by atoms with van der Waals surface area (Å²) in [6.07, 6.45) is 0.939. The van der Waals surface area contributed by atoms with E-state index >= 15 is 0 Å². The minimum atomic E-state index is -0.459. The molecule has 3 aromatic heterocycles. The van der Waals surface area contributed by atoms with Gasteiger partial charge in [0.2, 0.25) is 5.95 Å². The molecule has 1 N–H and O–H groups in total. The van der Waals surface area contributed by atoms with Crippen LogP contribution < -0.4 is 16.1 Å². The van der Waals surface area contributed by atoms with Crippen LogP contribution in [0, 0.1) is 0 Å². The molecule has 1 aliphatic rings. The molecule has 11 heteroatoms. The first kappa shape index (κ1) is 22.2. The molecule has 4 aromatic rings. The van der Waals surface area contributed by atoms with Crippen molar-refractivity contribution in [1.82, 2.24) is 24.1 Å². The Balaban J connectivity index is 1.42. The van der Waals surface area contributed by atoms with E-state index in [4.69, 9.17) is 9.72 Å². The highest BCUT2D eigenvalue weighted by Crippen LogP contribution is 2.30. The summed E-state index contributed by atoms with van der Waals surface area (Å²) in [4.78, 5) is 38.9. The zero-order valence-corrected chi connectivity index (χ0v) is 20.4. The van der Waals surface area contributed by atoms with E-state index in [-0.39, 0.29) is 12.2 Å². The molecule has 1 saturated heterocycles. The van der Waals surface area contributed by atoms with Gasteiger partial charge in [0, 0.05) is 32.4 Å². The third kappa shape index (κ3) is 4.32. The Labute approximate surface area is 198 Å². The highest BCUT2D eigenvalue weighted by Gasteiger charge is 2.28. The summed E-state index contributed by atoms with van der Waals surface area (Å²) in [5.41, 5.74) is 1.00. The Kier molecular flexibility index (Phi) is 6.02. The lowest BCUT2D eigenvalue weighted by Crippen LogP contribution is -2.46. The summed E-state index contributed by atoms with van der Waals surface area (Å²) >= 11 is 3.42. The monoisotopic (exact) mass is 486 g/mol. The average molecular weight is 487 g/mol. The predicted molar refractivity (Wildman–Crippen MR) is 133 cm³/mol. The highest BCUT2D eigenvalue weighted by atomic mass is 32.2. The first-order valence-electron chi connectivity index (χ1n) is 11.0. The van der Waals surface area contributed by atoms with Crippen LogP contribution in [0.5, 0.6) is 0 Å². The van der Waals surface area contributed by atoms with Crippen LogP contribution >= 0.6 is 23.1 Å². The van der Waals surface area contributed by atoms with E-state index in [2.05, 4.69) is 20.9 Å². The first-order valence-corrected chi connectivity index (χ1v) is 12.8. The van der Waals surface area contributed by atoms with E-state index in [0.717, 1.165) is 22.0 Å². The topological polar surface area (TPSA) is 98.0 Å². The lowest BCUT2D eigenvalue weighted by molar-refractivity contribution is -0.00588. The zero-order chi connectivity index (χ0) is 23.1. The number of morpholine rings is 1. The second kappa shape index (κ2) is 8.96. The van der Waals surface area contributed by atoms with Gasteiger partial charge in [-0.2, -0.15) is 4.98 Å². The average Bonchev–Trinajstić information content (AvgIpc) is 3.36. The lowest BCUT2D eigenvalue weighted by Gasteiger charge is -2.36. The van der Waals surface area contributed by atoms with Crippen LogP contribution in [-0.2, 0) is 18.3 Å². The van der Waals surface area contributed by atoms with Crippen LogP contribution in [-0.4, -0.2) is 55.1 Å².